The highest BCUT2D eigenvalue weighted by molar-refractivity contribution is 5.80. The molecule has 1 atom stereocenters. The average Bonchev–Trinajstić information content (AvgIpc) is 2.26. The van der Waals surface area contributed by atoms with Crippen molar-refractivity contribution in [3.8, 4) is 0 Å². The van der Waals surface area contributed by atoms with Gasteiger partial charge in [0.05, 0.1) is 0 Å². The summed E-state index contributed by atoms with van der Waals surface area (Å²) >= 11 is 0. The van der Waals surface area contributed by atoms with E-state index in [-0.39, 0.29) is 5.92 Å². The molecule has 0 saturated carbocycles. The summed E-state index contributed by atoms with van der Waals surface area (Å²) in [5, 5.41) is 0. The molecule has 0 bridgehead atoms. The van der Waals surface area contributed by atoms with Crippen molar-refractivity contribution in [3.63, 3.8) is 0 Å². The number of rotatable bonds is 5. The smallest absolute Gasteiger partial charge is 0.135 e. The number of Topliss-reactive ketones (excluding diaryl/α,β-unsaturated/α-hetero) is 1. The molecule has 1 nitrogen and oxygen atoms in total. The number of hydrogen-bond acceptors (Lipinski definition) is 1. The number of allylic oxidation sites excluding steroid dienone is 3. The first-order valence-electron chi connectivity index (χ1n) is 6.36. The van der Waals surface area contributed by atoms with Crippen molar-refractivity contribution in [2.75, 3.05) is 0 Å². The lowest BCUT2D eigenvalue weighted by atomic mass is 9.83. The van der Waals surface area contributed by atoms with Gasteiger partial charge in [-0.25, -0.2) is 0 Å². The predicted octanol–water partition coefficient (Wildman–Crippen LogP) is 4.29. The summed E-state index contributed by atoms with van der Waals surface area (Å²) in [6.45, 7) is 10.3. The molecule has 1 rings (SSSR count). The second-order valence-electron chi connectivity index (χ2n) is 5.30. The zero-order chi connectivity index (χ0) is 12.1. The third kappa shape index (κ3) is 3.96. The van der Waals surface area contributed by atoms with Crippen LogP contribution in [0.4, 0.5) is 0 Å². The van der Waals surface area contributed by atoms with Crippen LogP contribution in [0.3, 0.4) is 0 Å². The number of ketones is 1. The van der Waals surface area contributed by atoms with E-state index in [1.807, 2.05) is 13.8 Å². The average molecular weight is 220 g/mol. The minimum Gasteiger partial charge on any atom is -0.299 e. The Hall–Kier alpha value is -0.850. The number of carbonyl (C=O) groups is 1. The Morgan fingerprint density at radius 2 is 2.19 bits per heavy atom. The van der Waals surface area contributed by atoms with Crippen molar-refractivity contribution in [2.45, 2.75) is 52.9 Å². The maximum Gasteiger partial charge on any atom is 0.135 e. The van der Waals surface area contributed by atoms with E-state index in [2.05, 4.69) is 19.6 Å². The third-order valence-electron chi connectivity index (χ3n) is 3.55. The van der Waals surface area contributed by atoms with Gasteiger partial charge in [-0.15, -0.1) is 0 Å². The van der Waals surface area contributed by atoms with E-state index in [0.29, 0.717) is 18.1 Å². The van der Waals surface area contributed by atoms with Gasteiger partial charge >= 0.3 is 0 Å². The van der Waals surface area contributed by atoms with Gasteiger partial charge in [-0.05, 0) is 38.5 Å². The van der Waals surface area contributed by atoms with E-state index in [4.69, 9.17) is 0 Å². The van der Waals surface area contributed by atoms with E-state index in [1.54, 1.807) is 0 Å². The molecule has 0 radical (unpaired) electrons. The number of carbonyl (C=O) groups excluding carboxylic acids is 1. The van der Waals surface area contributed by atoms with Gasteiger partial charge in [-0.1, -0.05) is 37.6 Å². The van der Waals surface area contributed by atoms with Crippen LogP contribution in [0.1, 0.15) is 52.9 Å². The Bertz CT molecular complexity index is 297. The highest BCUT2D eigenvalue weighted by Crippen LogP contribution is 2.30. The summed E-state index contributed by atoms with van der Waals surface area (Å²) in [4.78, 5) is 11.5. The van der Waals surface area contributed by atoms with Crippen LogP contribution in [0.5, 0.6) is 0 Å². The Labute approximate surface area is 99.6 Å². The van der Waals surface area contributed by atoms with Crippen molar-refractivity contribution in [3.05, 3.63) is 23.8 Å². The lowest BCUT2D eigenvalue weighted by Gasteiger charge is -2.22. The summed E-state index contributed by atoms with van der Waals surface area (Å²) in [6, 6.07) is 0. The summed E-state index contributed by atoms with van der Waals surface area (Å²) in [6.07, 6.45) is 7.42. The predicted molar refractivity (Wildman–Crippen MR) is 69.3 cm³/mol. The van der Waals surface area contributed by atoms with Crippen molar-refractivity contribution in [2.24, 2.45) is 11.8 Å². The monoisotopic (exact) mass is 220 g/mol. The molecule has 0 aliphatic heterocycles. The first-order chi connectivity index (χ1) is 7.50. The van der Waals surface area contributed by atoms with Crippen molar-refractivity contribution in [1.82, 2.24) is 0 Å². The normalized spacial score (nSPS) is 20.8. The van der Waals surface area contributed by atoms with Crippen molar-refractivity contribution < 1.29 is 4.79 Å². The summed E-state index contributed by atoms with van der Waals surface area (Å²) in [7, 11) is 0. The maximum atomic E-state index is 11.5. The van der Waals surface area contributed by atoms with Gasteiger partial charge in [0.15, 0.2) is 0 Å². The Morgan fingerprint density at radius 3 is 2.69 bits per heavy atom. The standard InChI is InChI=1S/C15H24O/c1-11(2)15(16)10-7-13(4)14-8-5-12(3)6-9-14/h5,11,14H,4,6-10H2,1-3H3. The Balaban J connectivity index is 2.34. The fraction of sp³-hybridized carbons (Fsp3) is 0.667. The number of hydrogen-bond donors (Lipinski definition) is 0. The molecular weight excluding hydrogens is 196 g/mol. The van der Waals surface area contributed by atoms with Crippen LogP contribution in [0.2, 0.25) is 0 Å². The topological polar surface area (TPSA) is 17.1 Å². The van der Waals surface area contributed by atoms with Crippen LogP contribution in [0.15, 0.2) is 23.8 Å². The lowest BCUT2D eigenvalue weighted by molar-refractivity contribution is -0.121. The Morgan fingerprint density at radius 1 is 1.50 bits per heavy atom. The largest absolute Gasteiger partial charge is 0.299 e. The molecule has 0 saturated heterocycles. The van der Waals surface area contributed by atoms with Crippen LogP contribution >= 0.6 is 0 Å². The molecule has 0 aromatic carbocycles. The molecule has 0 aromatic heterocycles. The molecular formula is C15H24O. The second kappa shape index (κ2) is 6.03. The third-order valence-corrected chi connectivity index (χ3v) is 3.55. The van der Waals surface area contributed by atoms with Gasteiger partial charge in [0, 0.05) is 12.3 Å². The Kier molecular flexibility index (Phi) is 4.98. The molecule has 90 valence electrons. The van der Waals surface area contributed by atoms with Gasteiger partial charge < -0.3 is 0 Å². The fourth-order valence-corrected chi connectivity index (χ4v) is 2.11. The molecule has 1 heteroatoms. The molecule has 1 aliphatic rings. The van der Waals surface area contributed by atoms with E-state index < -0.39 is 0 Å². The van der Waals surface area contributed by atoms with E-state index >= 15 is 0 Å². The molecule has 16 heavy (non-hydrogen) atoms. The van der Waals surface area contributed by atoms with Gasteiger partial charge in [0.1, 0.15) is 5.78 Å². The zero-order valence-electron chi connectivity index (χ0n) is 10.9. The van der Waals surface area contributed by atoms with Gasteiger partial charge in [-0.3, -0.25) is 4.79 Å². The first kappa shape index (κ1) is 13.2. The molecule has 0 amide bonds. The fourth-order valence-electron chi connectivity index (χ4n) is 2.11. The highest BCUT2D eigenvalue weighted by Gasteiger charge is 2.16. The van der Waals surface area contributed by atoms with Crippen LogP contribution in [0.25, 0.3) is 0 Å². The van der Waals surface area contributed by atoms with E-state index in [1.165, 1.54) is 24.0 Å². The summed E-state index contributed by atoms with van der Waals surface area (Å²) < 4.78 is 0. The molecule has 1 aliphatic carbocycles. The maximum absolute atomic E-state index is 11.5. The van der Waals surface area contributed by atoms with E-state index in [9.17, 15) is 4.79 Å². The quantitative estimate of drug-likeness (QED) is 0.631. The van der Waals surface area contributed by atoms with Gasteiger partial charge in [0.2, 0.25) is 0 Å². The zero-order valence-corrected chi connectivity index (χ0v) is 10.9. The van der Waals surface area contributed by atoms with E-state index in [0.717, 1.165) is 12.8 Å². The van der Waals surface area contributed by atoms with Crippen LogP contribution < -0.4 is 0 Å². The molecule has 1 unspecified atom stereocenters. The van der Waals surface area contributed by atoms with Crippen molar-refractivity contribution >= 4 is 5.78 Å². The minimum atomic E-state index is 0.168. The second-order valence-corrected chi connectivity index (χ2v) is 5.30. The van der Waals surface area contributed by atoms with Crippen LogP contribution in [0, 0.1) is 11.8 Å². The molecule has 0 N–H and O–H groups in total. The van der Waals surface area contributed by atoms with Crippen LogP contribution in [-0.2, 0) is 4.79 Å². The highest BCUT2D eigenvalue weighted by atomic mass is 16.1. The van der Waals surface area contributed by atoms with Gasteiger partial charge in [0.25, 0.3) is 0 Å². The summed E-state index contributed by atoms with van der Waals surface area (Å²) in [5.41, 5.74) is 2.78. The first-order valence-corrected chi connectivity index (χ1v) is 6.36. The molecule has 0 heterocycles. The minimum absolute atomic E-state index is 0.168. The van der Waals surface area contributed by atoms with Crippen molar-refractivity contribution in [1.29, 1.82) is 0 Å². The molecule has 0 aromatic rings. The molecule has 0 spiro atoms. The van der Waals surface area contributed by atoms with Crippen LogP contribution in [-0.4, -0.2) is 5.78 Å². The molecule has 0 fully saturated rings. The SMILES string of the molecule is C=C(CCC(=O)C(C)C)C1CC=C(C)CC1. The lowest BCUT2D eigenvalue weighted by Crippen LogP contribution is -2.11. The van der Waals surface area contributed by atoms with Gasteiger partial charge in [-0.2, -0.15) is 0 Å². The summed E-state index contributed by atoms with van der Waals surface area (Å²) in [5.74, 6) is 1.15.